The molecule has 0 radical (unpaired) electrons. The fourth-order valence-electron chi connectivity index (χ4n) is 2.58. The molecular formula is C15H23N3O. The van der Waals surface area contributed by atoms with Crippen molar-refractivity contribution in [2.45, 2.75) is 25.4 Å². The van der Waals surface area contributed by atoms with Crippen LogP contribution >= 0.6 is 0 Å². The largest absolute Gasteiger partial charge is 0.325 e. The first-order chi connectivity index (χ1) is 9.08. The Balaban J connectivity index is 1.94. The Kier molecular flexibility index (Phi) is 4.56. The first-order valence-corrected chi connectivity index (χ1v) is 6.80. The van der Waals surface area contributed by atoms with Crippen LogP contribution in [0.25, 0.3) is 0 Å². The van der Waals surface area contributed by atoms with Crippen molar-refractivity contribution in [3.63, 3.8) is 0 Å². The van der Waals surface area contributed by atoms with Gasteiger partial charge in [0.25, 0.3) is 0 Å². The molecule has 1 aromatic rings. The maximum atomic E-state index is 12.4. The Hall–Kier alpha value is -1.39. The molecule has 0 bridgehead atoms. The summed E-state index contributed by atoms with van der Waals surface area (Å²) in [5.41, 5.74) is 1.20. The van der Waals surface area contributed by atoms with E-state index in [1.807, 2.05) is 37.2 Å². The summed E-state index contributed by atoms with van der Waals surface area (Å²) in [6, 6.07) is 10.3. The number of amides is 1. The van der Waals surface area contributed by atoms with E-state index in [2.05, 4.69) is 29.3 Å². The average molecular weight is 261 g/mol. The van der Waals surface area contributed by atoms with Crippen LogP contribution in [0.1, 0.15) is 12.5 Å². The SMILES string of the molecule is CC(CN(C)C)N1CNC(Cc2ccccc2)C1=O. The quantitative estimate of drug-likeness (QED) is 0.857. The zero-order valence-electron chi connectivity index (χ0n) is 12.0. The van der Waals surface area contributed by atoms with Crippen molar-refractivity contribution >= 4 is 5.91 Å². The van der Waals surface area contributed by atoms with Gasteiger partial charge in [0.15, 0.2) is 0 Å². The van der Waals surface area contributed by atoms with Gasteiger partial charge in [0, 0.05) is 12.6 Å². The molecule has 1 aliphatic rings. The number of likely N-dealkylation sites (N-methyl/N-ethyl adjacent to an activating group) is 1. The van der Waals surface area contributed by atoms with E-state index in [-0.39, 0.29) is 18.0 Å². The lowest BCUT2D eigenvalue weighted by molar-refractivity contribution is -0.130. The molecule has 2 atom stereocenters. The molecule has 4 heteroatoms. The smallest absolute Gasteiger partial charge is 0.241 e. The van der Waals surface area contributed by atoms with Crippen LogP contribution in [-0.4, -0.2) is 55.1 Å². The lowest BCUT2D eigenvalue weighted by atomic mass is 10.1. The zero-order valence-corrected chi connectivity index (χ0v) is 12.0. The second-order valence-electron chi connectivity index (χ2n) is 5.52. The number of benzene rings is 1. The molecule has 0 aliphatic carbocycles. The summed E-state index contributed by atoms with van der Waals surface area (Å²) in [5.74, 6) is 0.221. The van der Waals surface area contributed by atoms with Gasteiger partial charge in [0.1, 0.15) is 0 Å². The minimum absolute atomic E-state index is 0.0768. The highest BCUT2D eigenvalue weighted by atomic mass is 16.2. The van der Waals surface area contributed by atoms with Crippen LogP contribution in [0.15, 0.2) is 30.3 Å². The monoisotopic (exact) mass is 261 g/mol. The molecule has 1 saturated heterocycles. The lowest BCUT2D eigenvalue weighted by Crippen LogP contribution is -2.42. The van der Waals surface area contributed by atoms with Crippen molar-refractivity contribution in [2.24, 2.45) is 0 Å². The highest BCUT2D eigenvalue weighted by Crippen LogP contribution is 2.13. The molecule has 104 valence electrons. The van der Waals surface area contributed by atoms with Gasteiger partial charge in [0.2, 0.25) is 5.91 Å². The van der Waals surface area contributed by atoms with Crippen molar-refractivity contribution in [1.29, 1.82) is 0 Å². The van der Waals surface area contributed by atoms with Gasteiger partial charge in [-0.1, -0.05) is 30.3 Å². The van der Waals surface area contributed by atoms with E-state index in [4.69, 9.17) is 0 Å². The van der Waals surface area contributed by atoms with Gasteiger partial charge >= 0.3 is 0 Å². The fourth-order valence-corrected chi connectivity index (χ4v) is 2.58. The fraction of sp³-hybridized carbons (Fsp3) is 0.533. The van der Waals surface area contributed by atoms with Gasteiger partial charge in [-0.25, -0.2) is 0 Å². The number of nitrogens with one attached hydrogen (secondary N) is 1. The lowest BCUT2D eigenvalue weighted by Gasteiger charge is -2.26. The number of carbonyl (C=O) groups excluding carboxylic acids is 1. The first kappa shape index (κ1) is 14.0. The summed E-state index contributed by atoms with van der Waals surface area (Å²) >= 11 is 0. The van der Waals surface area contributed by atoms with Crippen molar-refractivity contribution in [1.82, 2.24) is 15.1 Å². The molecule has 1 heterocycles. The van der Waals surface area contributed by atoms with E-state index >= 15 is 0 Å². The van der Waals surface area contributed by atoms with E-state index in [0.717, 1.165) is 13.0 Å². The normalized spacial score (nSPS) is 21.2. The maximum Gasteiger partial charge on any atom is 0.241 e. The van der Waals surface area contributed by atoms with Crippen LogP contribution in [0, 0.1) is 0 Å². The zero-order chi connectivity index (χ0) is 13.8. The molecular weight excluding hydrogens is 238 g/mol. The van der Waals surface area contributed by atoms with Crippen LogP contribution in [-0.2, 0) is 11.2 Å². The first-order valence-electron chi connectivity index (χ1n) is 6.80. The second-order valence-corrected chi connectivity index (χ2v) is 5.52. The van der Waals surface area contributed by atoms with Crippen LogP contribution in [0.5, 0.6) is 0 Å². The summed E-state index contributed by atoms with van der Waals surface area (Å²) < 4.78 is 0. The molecule has 1 fully saturated rings. The predicted octanol–water partition coefficient (Wildman–Crippen LogP) is 0.937. The van der Waals surface area contributed by atoms with E-state index in [1.165, 1.54) is 5.56 Å². The van der Waals surface area contributed by atoms with E-state index in [9.17, 15) is 4.79 Å². The third kappa shape index (κ3) is 3.55. The molecule has 2 unspecified atom stereocenters. The van der Waals surface area contributed by atoms with Crippen LogP contribution in [0.3, 0.4) is 0 Å². The standard InChI is InChI=1S/C15H23N3O/c1-12(10-17(2)3)18-11-16-14(15(18)19)9-13-7-5-4-6-8-13/h4-8,12,14,16H,9-11H2,1-3H3. The predicted molar refractivity (Wildman–Crippen MR) is 76.8 cm³/mol. The van der Waals surface area contributed by atoms with Gasteiger partial charge in [-0.15, -0.1) is 0 Å². The molecule has 1 aromatic carbocycles. The highest BCUT2D eigenvalue weighted by Gasteiger charge is 2.33. The van der Waals surface area contributed by atoms with Crippen molar-refractivity contribution < 1.29 is 4.79 Å². The Bertz CT molecular complexity index is 419. The van der Waals surface area contributed by atoms with E-state index in [0.29, 0.717) is 6.67 Å². The highest BCUT2D eigenvalue weighted by molar-refractivity contribution is 5.84. The summed E-state index contributed by atoms with van der Waals surface area (Å²) in [6.07, 6.45) is 0.769. The number of hydrogen-bond donors (Lipinski definition) is 1. The Morgan fingerprint density at radius 1 is 1.37 bits per heavy atom. The molecule has 0 aromatic heterocycles. The van der Waals surface area contributed by atoms with Crippen molar-refractivity contribution in [3.8, 4) is 0 Å². The molecule has 4 nitrogen and oxygen atoms in total. The molecule has 0 saturated carbocycles. The summed E-state index contributed by atoms with van der Waals surface area (Å²) in [4.78, 5) is 16.4. The van der Waals surface area contributed by atoms with Gasteiger partial charge in [-0.3, -0.25) is 10.1 Å². The third-order valence-corrected chi connectivity index (χ3v) is 3.53. The third-order valence-electron chi connectivity index (χ3n) is 3.53. The topological polar surface area (TPSA) is 35.6 Å². The Morgan fingerprint density at radius 3 is 2.68 bits per heavy atom. The minimum Gasteiger partial charge on any atom is -0.325 e. The Labute approximate surface area is 115 Å². The molecule has 1 amide bonds. The van der Waals surface area contributed by atoms with E-state index in [1.54, 1.807) is 0 Å². The Morgan fingerprint density at radius 2 is 2.05 bits per heavy atom. The molecule has 19 heavy (non-hydrogen) atoms. The number of nitrogens with zero attached hydrogens (tertiary/aromatic N) is 2. The number of hydrogen-bond acceptors (Lipinski definition) is 3. The van der Waals surface area contributed by atoms with Gasteiger partial charge in [0.05, 0.1) is 12.7 Å². The van der Waals surface area contributed by atoms with E-state index < -0.39 is 0 Å². The van der Waals surface area contributed by atoms with Crippen LogP contribution in [0.2, 0.25) is 0 Å². The van der Waals surface area contributed by atoms with Gasteiger partial charge < -0.3 is 9.80 Å². The number of rotatable bonds is 5. The van der Waals surface area contributed by atoms with Crippen molar-refractivity contribution in [2.75, 3.05) is 27.3 Å². The average Bonchev–Trinajstić information content (AvgIpc) is 2.72. The molecule has 1 N–H and O–H groups in total. The number of carbonyl (C=O) groups is 1. The second kappa shape index (κ2) is 6.17. The van der Waals surface area contributed by atoms with Gasteiger partial charge in [-0.05, 0) is 33.0 Å². The van der Waals surface area contributed by atoms with Gasteiger partial charge in [-0.2, -0.15) is 0 Å². The molecule has 0 spiro atoms. The van der Waals surface area contributed by atoms with Crippen LogP contribution < -0.4 is 5.32 Å². The summed E-state index contributed by atoms with van der Waals surface area (Å²) in [6.45, 7) is 3.65. The molecule has 1 aliphatic heterocycles. The van der Waals surface area contributed by atoms with Crippen molar-refractivity contribution in [3.05, 3.63) is 35.9 Å². The maximum absolute atomic E-state index is 12.4. The summed E-state index contributed by atoms with van der Waals surface area (Å²) in [5, 5.41) is 3.32. The van der Waals surface area contributed by atoms with Crippen LogP contribution in [0.4, 0.5) is 0 Å². The molecule has 2 rings (SSSR count). The minimum atomic E-state index is -0.0768. The summed E-state index contributed by atoms with van der Waals surface area (Å²) in [7, 11) is 4.07.